The Balaban J connectivity index is 1.97. The third-order valence-corrected chi connectivity index (χ3v) is 4.09. The number of piperazine rings is 1. The number of methoxy groups -OCH3 is 1. The predicted octanol–water partition coefficient (Wildman–Crippen LogP) is -0.180. The van der Waals surface area contributed by atoms with E-state index in [1.165, 1.54) is 0 Å². The Morgan fingerprint density at radius 2 is 2.00 bits per heavy atom. The van der Waals surface area contributed by atoms with Gasteiger partial charge in [-0.2, -0.15) is 5.10 Å². The van der Waals surface area contributed by atoms with Crippen LogP contribution in [0.1, 0.15) is 26.7 Å². The highest BCUT2D eigenvalue weighted by molar-refractivity contribution is 6.39. The molecule has 7 heteroatoms. The minimum atomic E-state index is -0.127. The second kappa shape index (κ2) is 7.00. The van der Waals surface area contributed by atoms with E-state index in [0.717, 1.165) is 6.54 Å². The Morgan fingerprint density at radius 3 is 2.52 bits per heavy atom. The number of hydrogen-bond acceptors (Lipinski definition) is 5. The molecule has 1 saturated heterocycles. The highest BCUT2D eigenvalue weighted by Gasteiger charge is 2.33. The van der Waals surface area contributed by atoms with Crippen molar-refractivity contribution in [3.05, 3.63) is 0 Å². The first-order valence-electron chi connectivity index (χ1n) is 7.42. The summed E-state index contributed by atoms with van der Waals surface area (Å²) in [5, 5.41) is 3.90. The van der Waals surface area contributed by atoms with E-state index in [-0.39, 0.29) is 23.9 Å². The molecule has 2 aliphatic heterocycles. The molecule has 2 amide bonds. The van der Waals surface area contributed by atoms with Crippen LogP contribution >= 0.6 is 0 Å². The van der Waals surface area contributed by atoms with E-state index in [1.807, 2.05) is 4.90 Å². The zero-order valence-electron chi connectivity index (χ0n) is 13.0. The van der Waals surface area contributed by atoms with Crippen LogP contribution in [0, 0.1) is 0 Å². The van der Waals surface area contributed by atoms with E-state index in [9.17, 15) is 9.59 Å². The van der Waals surface area contributed by atoms with Crippen LogP contribution in [0.15, 0.2) is 5.10 Å². The van der Waals surface area contributed by atoms with Gasteiger partial charge in [-0.3, -0.25) is 14.5 Å². The number of rotatable bonds is 4. The van der Waals surface area contributed by atoms with Crippen LogP contribution in [0.2, 0.25) is 0 Å². The van der Waals surface area contributed by atoms with Gasteiger partial charge in [0, 0.05) is 51.7 Å². The normalized spacial score (nSPS) is 27.3. The van der Waals surface area contributed by atoms with Crippen LogP contribution in [-0.2, 0) is 14.3 Å². The molecule has 2 aliphatic rings. The smallest absolute Gasteiger partial charge is 0.270 e. The zero-order valence-corrected chi connectivity index (χ0v) is 13.0. The van der Waals surface area contributed by atoms with Gasteiger partial charge >= 0.3 is 0 Å². The van der Waals surface area contributed by atoms with Crippen LogP contribution in [0.25, 0.3) is 0 Å². The fourth-order valence-corrected chi connectivity index (χ4v) is 2.97. The monoisotopic (exact) mass is 296 g/mol. The molecular weight excluding hydrogens is 272 g/mol. The van der Waals surface area contributed by atoms with Gasteiger partial charge in [-0.15, -0.1) is 0 Å². The van der Waals surface area contributed by atoms with Crippen molar-refractivity contribution in [1.82, 2.24) is 15.2 Å². The van der Waals surface area contributed by atoms with Gasteiger partial charge < -0.3 is 9.64 Å². The molecular formula is C14H24N4O3. The Morgan fingerprint density at radius 1 is 1.33 bits per heavy atom. The lowest BCUT2D eigenvalue weighted by Crippen LogP contribution is -2.59. The van der Waals surface area contributed by atoms with Crippen molar-refractivity contribution >= 4 is 17.5 Å². The molecule has 0 aliphatic carbocycles. The number of hydrazone groups is 1. The first kappa shape index (κ1) is 15.9. The number of amides is 2. The van der Waals surface area contributed by atoms with Crippen LogP contribution in [0.5, 0.6) is 0 Å². The maximum absolute atomic E-state index is 12.5. The van der Waals surface area contributed by atoms with Crippen molar-refractivity contribution < 1.29 is 14.3 Å². The summed E-state index contributed by atoms with van der Waals surface area (Å²) >= 11 is 0. The van der Waals surface area contributed by atoms with Crippen molar-refractivity contribution in [2.24, 2.45) is 5.10 Å². The topological polar surface area (TPSA) is 74.2 Å². The van der Waals surface area contributed by atoms with Crippen molar-refractivity contribution in [1.29, 1.82) is 0 Å². The molecule has 0 aromatic carbocycles. The average molecular weight is 296 g/mol. The number of carbonyl (C=O) groups is 2. The Labute approximate surface area is 125 Å². The van der Waals surface area contributed by atoms with Gasteiger partial charge in [-0.05, 0) is 13.8 Å². The van der Waals surface area contributed by atoms with E-state index in [0.29, 0.717) is 38.2 Å². The molecule has 0 aromatic rings. The number of hydrogen-bond donors (Lipinski definition) is 1. The Hall–Kier alpha value is -1.47. The molecule has 0 saturated carbocycles. The molecule has 2 atom stereocenters. The lowest BCUT2D eigenvalue weighted by Gasteiger charge is -2.44. The summed E-state index contributed by atoms with van der Waals surface area (Å²) in [6.07, 6.45) is 0.765. The van der Waals surface area contributed by atoms with Crippen LogP contribution in [-0.4, -0.2) is 72.8 Å². The van der Waals surface area contributed by atoms with E-state index in [4.69, 9.17) is 4.74 Å². The SMILES string of the molecule is COCCN1C(C)CN(C(=O)C2=NNC(=O)CC2)CC1C. The van der Waals surface area contributed by atoms with E-state index >= 15 is 0 Å². The molecule has 0 spiro atoms. The summed E-state index contributed by atoms with van der Waals surface area (Å²) in [5.41, 5.74) is 2.84. The molecule has 2 unspecified atom stereocenters. The van der Waals surface area contributed by atoms with Gasteiger partial charge in [-0.1, -0.05) is 0 Å². The molecule has 2 rings (SSSR count). The number of ether oxygens (including phenoxy) is 1. The summed E-state index contributed by atoms with van der Waals surface area (Å²) in [6, 6.07) is 0.568. The molecule has 1 N–H and O–H groups in total. The van der Waals surface area contributed by atoms with Gasteiger partial charge in [0.2, 0.25) is 5.91 Å². The largest absolute Gasteiger partial charge is 0.383 e. The molecule has 118 valence electrons. The highest BCUT2D eigenvalue weighted by Crippen LogP contribution is 2.16. The maximum Gasteiger partial charge on any atom is 0.270 e. The number of nitrogens with one attached hydrogen (secondary N) is 1. The molecule has 1 fully saturated rings. The van der Waals surface area contributed by atoms with Gasteiger partial charge in [0.1, 0.15) is 5.71 Å². The van der Waals surface area contributed by atoms with Gasteiger partial charge in [0.25, 0.3) is 5.91 Å². The van der Waals surface area contributed by atoms with E-state index in [2.05, 4.69) is 29.3 Å². The third-order valence-electron chi connectivity index (χ3n) is 4.09. The lowest BCUT2D eigenvalue weighted by molar-refractivity contribution is -0.128. The highest BCUT2D eigenvalue weighted by atomic mass is 16.5. The minimum Gasteiger partial charge on any atom is -0.383 e. The summed E-state index contributed by atoms with van der Waals surface area (Å²) < 4.78 is 5.14. The lowest BCUT2D eigenvalue weighted by atomic mass is 10.1. The van der Waals surface area contributed by atoms with E-state index < -0.39 is 0 Å². The van der Waals surface area contributed by atoms with Crippen molar-refractivity contribution in [3.8, 4) is 0 Å². The molecule has 2 heterocycles. The van der Waals surface area contributed by atoms with Crippen molar-refractivity contribution in [2.45, 2.75) is 38.8 Å². The van der Waals surface area contributed by atoms with Crippen LogP contribution in [0.3, 0.4) is 0 Å². The molecule has 0 radical (unpaired) electrons. The second-order valence-electron chi connectivity index (χ2n) is 5.73. The molecule has 21 heavy (non-hydrogen) atoms. The number of carbonyl (C=O) groups excluding carboxylic acids is 2. The second-order valence-corrected chi connectivity index (χ2v) is 5.73. The van der Waals surface area contributed by atoms with Gasteiger partial charge in [0.15, 0.2) is 0 Å². The molecule has 7 nitrogen and oxygen atoms in total. The Bertz CT molecular complexity index is 426. The predicted molar refractivity (Wildman–Crippen MR) is 78.9 cm³/mol. The fourth-order valence-electron chi connectivity index (χ4n) is 2.97. The van der Waals surface area contributed by atoms with Gasteiger partial charge in [0.05, 0.1) is 6.61 Å². The first-order valence-corrected chi connectivity index (χ1v) is 7.42. The van der Waals surface area contributed by atoms with Crippen LogP contribution < -0.4 is 5.43 Å². The quantitative estimate of drug-likeness (QED) is 0.781. The maximum atomic E-state index is 12.5. The Kier molecular flexibility index (Phi) is 5.30. The summed E-state index contributed by atoms with van der Waals surface area (Å²) in [6.45, 7) is 7.17. The molecule has 0 bridgehead atoms. The van der Waals surface area contributed by atoms with Crippen molar-refractivity contribution in [2.75, 3.05) is 33.4 Å². The fraction of sp³-hybridized carbons (Fsp3) is 0.786. The standard InChI is InChI=1S/C14H24N4O3/c1-10-8-17(9-11(2)18(10)6-7-21-3)14(20)12-4-5-13(19)16-15-12/h10-11H,4-9H2,1-3H3,(H,16,19). The molecule has 0 aromatic heterocycles. The third kappa shape index (κ3) is 3.79. The summed E-state index contributed by atoms with van der Waals surface area (Å²) in [4.78, 5) is 27.8. The van der Waals surface area contributed by atoms with Gasteiger partial charge in [-0.25, -0.2) is 5.43 Å². The van der Waals surface area contributed by atoms with Crippen LogP contribution in [0.4, 0.5) is 0 Å². The zero-order chi connectivity index (χ0) is 15.4. The minimum absolute atomic E-state index is 0.0555. The average Bonchev–Trinajstić information content (AvgIpc) is 2.46. The van der Waals surface area contributed by atoms with E-state index in [1.54, 1.807) is 7.11 Å². The number of nitrogens with zero attached hydrogens (tertiary/aromatic N) is 3. The first-order chi connectivity index (χ1) is 10.0. The summed E-state index contributed by atoms with van der Waals surface area (Å²) in [5.74, 6) is -0.183. The summed E-state index contributed by atoms with van der Waals surface area (Å²) in [7, 11) is 1.70. The van der Waals surface area contributed by atoms with Crippen molar-refractivity contribution in [3.63, 3.8) is 0 Å².